The van der Waals surface area contributed by atoms with Crippen molar-refractivity contribution in [1.82, 2.24) is 20.1 Å². The maximum absolute atomic E-state index is 12.7. The van der Waals surface area contributed by atoms with Crippen molar-refractivity contribution in [3.8, 4) is 23.0 Å². The van der Waals surface area contributed by atoms with Crippen LogP contribution in [0, 0.1) is 11.3 Å². The first-order valence-electron chi connectivity index (χ1n) is 9.32. The van der Waals surface area contributed by atoms with Crippen LogP contribution in [0.2, 0.25) is 0 Å². The van der Waals surface area contributed by atoms with Crippen molar-refractivity contribution in [3.63, 3.8) is 0 Å². The number of nitrogens with zero attached hydrogens (tertiary/aromatic N) is 3. The molecule has 1 fully saturated rings. The number of hydrogen-bond donors (Lipinski definition) is 2. The van der Waals surface area contributed by atoms with Gasteiger partial charge in [-0.3, -0.25) is 14.7 Å². The van der Waals surface area contributed by atoms with Gasteiger partial charge in [0.1, 0.15) is 0 Å². The number of benzene rings is 1. The molecule has 0 aliphatic carbocycles. The molecule has 0 spiro atoms. The molecule has 8 nitrogen and oxygen atoms in total. The van der Waals surface area contributed by atoms with Crippen LogP contribution in [0.1, 0.15) is 28.8 Å². The number of rotatable bonds is 4. The molecule has 3 heterocycles. The van der Waals surface area contributed by atoms with Gasteiger partial charge in [0.2, 0.25) is 0 Å². The Labute approximate surface area is 166 Å². The highest BCUT2D eigenvalue weighted by Crippen LogP contribution is 2.16. The standard InChI is InChI=1S/C21H19N5O3/c22-10-14-3-5-15(6-4-14)18-12-24-26(21(18)28)19-8-7-16(11-23-19)20(27)25-17-2-1-9-29-13-17/h3-8,11-12,17,24H,1-2,9,13H2,(H,25,27). The molecule has 2 aromatic heterocycles. The monoisotopic (exact) mass is 389 g/mol. The molecule has 1 aromatic carbocycles. The van der Waals surface area contributed by atoms with Gasteiger partial charge in [-0.15, -0.1) is 0 Å². The van der Waals surface area contributed by atoms with Gasteiger partial charge in [-0.2, -0.15) is 5.26 Å². The summed E-state index contributed by atoms with van der Waals surface area (Å²) in [7, 11) is 0. The molecule has 2 N–H and O–H groups in total. The van der Waals surface area contributed by atoms with Crippen molar-refractivity contribution in [3.05, 3.63) is 70.3 Å². The van der Waals surface area contributed by atoms with E-state index < -0.39 is 0 Å². The van der Waals surface area contributed by atoms with Crippen molar-refractivity contribution in [2.75, 3.05) is 13.2 Å². The Bertz CT molecular complexity index is 1100. The van der Waals surface area contributed by atoms with Gasteiger partial charge in [-0.05, 0) is 42.7 Å². The summed E-state index contributed by atoms with van der Waals surface area (Å²) in [6.07, 6.45) is 4.87. The topological polar surface area (TPSA) is 113 Å². The van der Waals surface area contributed by atoms with Gasteiger partial charge in [0.05, 0.1) is 35.4 Å². The highest BCUT2D eigenvalue weighted by Gasteiger charge is 2.18. The number of pyridine rings is 1. The molecule has 1 aliphatic rings. The van der Waals surface area contributed by atoms with Crippen molar-refractivity contribution < 1.29 is 9.53 Å². The first kappa shape index (κ1) is 18.7. The van der Waals surface area contributed by atoms with E-state index in [4.69, 9.17) is 10.00 Å². The molecule has 0 saturated carbocycles. The number of aromatic nitrogens is 3. The predicted molar refractivity (Wildman–Crippen MR) is 106 cm³/mol. The summed E-state index contributed by atoms with van der Waals surface area (Å²) < 4.78 is 6.68. The summed E-state index contributed by atoms with van der Waals surface area (Å²) in [4.78, 5) is 29.4. The molecule has 1 amide bonds. The average molecular weight is 389 g/mol. The number of hydrogen-bond acceptors (Lipinski definition) is 5. The van der Waals surface area contributed by atoms with E-state index >= 15 is 0 Å². The summed E-state index contributed by atoms with van der Waals surface area (Å²) in [6, 6.07) is 12.1. The maximum Gasteiger partial charge on any atom is 0.280 e. The van der Waals surface area contributed by atoms with Crippen LogP contribution in [-0.4, -0.2) is 39.9 Å². The highest BCUT2D eigenvalue weighted by molar-refractivity contribution is 5.94. The number of nitrogens with one attached hydrogen (secondary N) is 2. The Morgan fingerprint density at radius 3 is 2.76 bits per heavy atom. The lowest BCUT2D eigenvalue weighted by Gasteiger charge is -2.23. The van der Waals surface area contributed by atoms with E-state index in [1.165, 1.54) is 10.9 Å². The van der Waals surface area contributed by atoms with Crippen LogP contribution < -0.4 is 10.9 Å². The van der Waals surface area contributed by atoms with Crippen LogP contribution >= 0.6 is 0 Å². The molecule has 8 heteroatoms. The number of H-pyrrole nitrogens is 1. The van der Waals surface area contributed by atoms with E-state index in [9.17, 15) is 9.59 Å². The lowest BCUT2D eigenvalue weighted by Crippen LogP contribution is -2.40. The van der Waals surface area contributed by atoms with Gasteiger partial charge >= 0.3 is 0 Å². The molecule has 29 heavy (non-hydrogen) atoms. The van der Waals surface area contributed by atoms with Crippen LogP contribution in [-0.2, 0) is 4.74 Å². The van der Waals surface area contributed by atoms with E-state index in [2.05, 4.69) is 21.5 Å². The first-order chi connectivity index (χ1) is 14.2. The fourth-order valence-electron chi connectivity index (χ4n) is 3.25. The fourth-order valence-corrected chi connectivity index (χ4v) is 3.25. The smallest absolute Gasteiger partial charge is 0.280 e. The summed E-state index contributed by atoms with van der Waals surface area (Å²) >= 11 is 0. The molecule has 4 rings (SSSR count). The molecular weight excluding hydrogens is 370 g/mol. The fraction of sp³-hybridized carbons (Fsp3) is 0.238. The predicted octanol–water partition coefficient (Wildman–Crippen LogP) is 2.01. The summed E-state index contributed by atoms with van der Waals surface area (Å²) in [5.41, 5.74) is 1.86. The van der Waals surface area contributed by atoms with Gasteiger partial charge < -0.3 is 10.1 Å². The molecular formula is C21H19N5O3. The summed E-state index contributed by atoms with van der Waals surface area (Å²) in [6.45, 7) is 1.26. The highest BCUT2D eigenvalue weighted by atomic mass is 16.5. The molecule has 0 radical (unpaired) electrons. The third-order valence-corrected chi connectivity index (χ3v) is 4.83. The quantitative estimate of drug-likeness (QED) is 0.709. The van der Waals surface area contributed by atoms with Gasteiger partial charge in [0.25, 0.3) is 11.5 Å². The SMILES string of the molecule is N#Cc1ccc(-c2c[nH]n(-c3ccc(C(=O)NC4CCCOC4)cn3)c2=O)cc1. The Morgan fingerprint density at radius 2 is 2.10 bits per heavy atom. The minimum absolute atomic E-state index is 0.0110. The second-order valence-electron chi connectivity index (χ2n) is 6.81. The number of carbonyl (C=O) groups excluding carboxylic acids is 1. The van der Waals surface area contributed by atoms with E-state index in [-0.39, 0.29) is 17.5 Å². The van der Waals surface area contributed by atoms with Crippen LogP contribution in [0.5, 0.6) is 0 Å². The van der Waals surface area contributed by atoms with Gasteiger partial charge in [0.15, 0.2) is 5.82 Å². The maximum atomic E-state index is 12.7. The Balaban J connectivity index is 1.52. The van der Waals surface area contributed by atoms with Crippen LogP contribution in [0.4, 0.5) is 0 Å². The molecule has 1 unspecified atom stereocenters. The van der Waals surface area contributed by atoms with Crippen LogP contribution in [0.15, 0.2) is 53.6 Å². The van der Waals surface area contributed by atoms with E-state index in [0.29, 0.717) is 34.7 Å². The average Bonchev–Trinajstić information content (AvgIpc) is 3.16. The lowest BCUT2D eigenvalue weighted by molar-refractivity contribution is 0.0624. The summed E-state index contributed by atoms with van der Waals surface area (Å²) in [5, 5.41) is 14.7. The number of aromatic amines is 1. The second kappa shape index (κ2) is 8.12. The zero-order valence-electron chi connectivity index (χ0n) is 15.6. The minimum Gasteiger partial charge on any atom is -0.379 e. The Kier molecular flexibility index (Phi) is 5.22. The van der Waals surface area contributed by atoms with Crippen molar-refractivity contribution in [1.29, 1.82) is 5.26 Å². The number of nitriles is 1. The normalized spacial score (nSPS) is 16.2. The van der Waals surface area contributed by atoms with Crippen molar-refractivity contribution in [2.24, 2.45) is 0 Å². The van der Waals surface area contributed by atoms with Gasteiger partial charge in [-0.25, -0.2) is 9.67 Å². The summed E-state index contributed by atoms with van der Waals surface area (Å²) in [5.74, 6) is 0.170. The molecule has 1 atom stereocenters. The van der Waals surface area contributed by atoms with Crippen LogP contribution in [0.25, 0.3) is 16.9 Å². The van der Waals surface area contributed by atoms with Crippen molar-refractivity contribution in [2.45, 2.75) is 18.9 Å². The molecule has 0 bridgehead atoms. The Morgan fingerprint density at radius 1 is 1.28 bits per heavy atom. The van der Waals surface area contributed by atoms with Gasteiger partial charge in [-0.1, -0.05) is 12.1 Å². The van der Waals surface area contributed by atoms with Crippen LogP contribution in [0.3, 0.4) is 0 Å². The number of amides is 1. The molecule has 3 aromatic rings. The van der Waals surface area contributed by atoms with Gasteiger partial charge in [0, 0.05) is 19.0 Å². The zero-order chi connectivity index (χ0) is 20.2. The zero-order valence-corrected chi connectivity index (χ0v) is 15.6. The largest absolute Gasteiger partial charge is 0.379 e. The minimum atomic E-state index is -0.265. The van der Waals surface area contributed by atoms with E-state index in [0.717, 1.165) is 19.4 Å². The second-order valence-corrected chi connectivity index (χ2v) is 6.81. The number of carbonyl (C=O) groups is 1. The molecule has 146 valence electrons. The lowest BCUT2D eigenvalue weighted by atomic mass is 10.1. The Hall–Kier alpha value is -3.70. The van der Waals surface area contributed by atoms with E-state index in [1.54, 1.807) is 42.6 Å². The molecule has 1 saturated heterocycles. The van der Waals surface area contributed by atoms with E-state index in [1.807, 2.05) is 0 Å². The third kappa shape index (κ3) is 3.95. The first-order valence-corrected chi connectivity index (χ1v) is 9.32. The molecule has 1 aliphatic heterocycles. The number of ether oxygens (including phenoxy) is 1. The van der Waals surface area contributed by atoms with Crippen molar-refractivity contribution >= 4 is 5.91 Å². The third-order valence-electron chi connectivity index (χ3n) is 4.83.